The summed E-state index contributed by atoms with van der Waals surface area (Å²) >= 11 is 0. The van der Waals surface area contributed by atoms with Gasteiger partial charge >= 0.3 is 5.76 Å². The van der Waals surface area contributed by atoms with E-state index >= 15 is 0 Å². The van der Waals surface area contributed by atoms with Gasteiger partial charge in [0.05, 0.1) is 23.1 Å². The molecule has 3 aromatic rings. The minimum atomic E-state index is -3.70. The molecule has 1 aliphatic rings. The van der Waals surface area contributed by atoms with Crippen molar-refractivity contribution in [1.29, 1.82) is 0 Å². The predicted molar refractivity (Wildman–Crippen MR) is 100 cm³/mol. The molecule has 8 heteroatoms. The van der Waals surface area contributed by atoms with Gasteiger partial charge < -0.3 is 9.15 Å². The molecule has 1 saturated heterocycles. The number of hydrogen-bond acceptors (Lipinski definition) is 5. The number of rotatable bonds is 5. The highest BCUT2D eigenvalue weighted by Crippen LogP contribution is 2.37. The standard InChI is InChI=1S/C19H20N2O5S/c1-2-25-14-7-5-13(6-8-14)17-4-3-11-21(17)27(23,24)15-9-10-18-16(12-15)20-19(22)26-18/h5-10,12,17H,2-4,11H2,1H3,(H,20,22)/t17-/m1/s1. The molecule has 1 fully saturated rings. The van der Waals surface area contributed by atoms with Gasteiger partial charge in [-0.3, -0.25) is 4.98 Å². The van der Waals surface area contributed by atoms with Gasteiger partial charge in [0.2, 0.25) is 10.0 Å². The summed E-state index contributed by atoms with van der Waals surface area (Å²) in [4.78, 5) is 14.0. The van der Waals surface area contributed by atoms with Crippen molar-refractivity contribution < 1.29 is 17.6 Å². The van der Waals surface area contributed by atoms with E-state index in [2.05, 4.69) is 4.98 Å². The smallest absolute Gasteiger partial charge is 0.417 e. The maximum absolute atomic E-state index is 13.2. The van der Waals surface area contributed by atoms with Crippen molar-refractivity contribution in [2.24, 2.45) is 0 Å². The molecular weight excluding hydrogens is 368 g/mol. The first-order valence-corrected chi connectivity index (χ1v) is 10.3. The van der Waals surface area contributed by atoms with Crippen LogP contribution >= 0.6 is 0 Å². The minimum Gasteiger partial charge on any atom is -0.494 e. The second kappa shape index (κ2) is 6.86. The lowest BCUT2D eigenvalue weighted by atomic mass is 10.1. The van der Waals surface area contributed by atoms with Crippen LogP contribution in [0, 0.1) is 0 Å². The van der Waals surface area contributed by atoms with E-state index in [0.29, 0.717) is 24.3 Å². The Balaban J connectivity index is 1.67. The molecule has 0 saturated carbocycles. The molecule has 2 heterocycles. The SMILES string of the molecule is CCOc1ccc([C@H]2CCCN2S(=O)(=O)c2ccc3oc(=O)[nH]c3c2)cc1. The largest absolute Gasteiger partial charge is 0.494 e. The van der Waals surface area contributed by atoms with E-state index in [9.17, 15) is 13.2 Å². The highest BCUT2D eigenvalue weighted by Gasteiger charge is 2.36. The van der Waals surface area contributed by atoms with Crippen LogP contribution in [-0.4, -0.2) is 30.9 Å². The van der Waals surface area contributed by atoms with Crippen LogP contribution in [0.2, 0.25) is 0 Å². The Morgan fingerprint density at radius 2 is 2.00 bits per heavy atom. The normalized spacial score (nSPS) is 18.2. The van der Waals surface area contributed by atoms with Crippen molar-refractivity contribution in [3.05, 3.63) is 58.6 Å². The molecule has 4 rings (SSSR count). The summed E-state index contributed by atoms with van der Waals surface area (Å²) in [5.74, 6) is 0.163. The van der Waals surface area contributed by atoms with Crippen LogP contribution in [0.5, 0.6) is 5.75 Å². The Labute approximate surface area is 156 Å². The summed E-state index contributed by atoms with van der Waals surface area (Å²) in [5.41, 5.74) is 1.65. The minimum absolute atomic E-state index is 0.143. The number of benzene rings is 2. The second-order valence-corrected chi connectivity index (χ2v) is 8.34. The van der Waals surface area contributed by atoms with Gasteiger partial charge in [0, 0.05) is 6.54 Å². The van der Waals surface area contributed by atoms with Crippen LogP contribution in [0.4, 0.5) is 0 Å². The molecule has 142 valence electrons. The zero-order chi connectivity index (χ0) is 19.0. The molecular formula is C19H20N2O5S. The van der Waals surface area contributed by atoms with Crippen LogP contribution in [0.25, 0.3) is 11.1 Å². The average molecular weight is 388 g/mol. The van der Waals surface area contributed by atoms with Crippen molar-refractivity contribution in [3.8, 4) is 5.75 Å². The molecule has 0 bridgehead atoms. The van der Waals surface area contributed by atoms with Crippen LogP contribution in [0.15, 0.2) is 56.6 Å². The third-order valence-corrected chi connectivity index (χ3v) is 6.68. The molecule has 1 aliphatic heterocycles. The van der Waals surface area contributed by atoms with Gasteiger partial charge in [0.1, 0.15) is 5.75 Å². The van der Waals surface area contributed by atoms with E-state index in [1.807, 2.05) is 31.2 Å². The number of sulfonamides is 1. The summed E-state index contributed by atoms with van der Waals surface area (Å²) in [6, 6.07) is 11.8. The van der Waals surface area contributed by atoms with Crippen LogP contribution in [0.1, 0.15) is 31.4 Å². The van der Waals surface area contributed by atoms with E-state index in [0.717, 1.165) is 24.2 Å². The number of ether oxygens (including phenoxy) is 1. The lowest BCUT2D eigenvalue weighted by Crippen LogP contribution is -2.30. The fourth-order valence-electron chi connectivity index (χ4n) is 3.54. The number of fused-ring (bicyclic) bond motifs is 1. The van der Waals surface area contributed by atoms with E-state index < -0.39 is 15.8 Å². The van der Waals surface area contributed by atoms with E-state index in [4.69, 9.17) is 9.15 Å². The Bertz CT molecular complexity index is 1110. The molecule has 0 spiro atoms. The second-order valence-electron chi connectivity index (χ2n) is 6.45. The molecule has 0 unspecified atom stereocenters. The molecule has 0 radical (unpaired) electrons. The number of nitrogens with zero attached hydrogens (tertiary/aromatic N) is 1. The van der Waals surface area contributed by atoms with Crippen molar-refractivity contribution in [1.82, 2.24) is 9.29 Å². The fraction of sp³-hybridized carbons (Fsp3) is 0.316. The van der Waals surface area contributed by atoms with Crippen LogP contribution < -0.4 is 10.5 Å². The Morgan fingerprint density at radius 3 is 2.74 bits per heavy atom. The van der Waals surface area contributed by atoms with E-state index in [-0.39, 0.29) is 10.9 Å². The summed E-state index contributed by atoms with van der Waals surface area (Å²) < 4.78 is 38.4. The molecule has 2 aromatic carbocycles. The van der Waals surface area contributed by atoms with E-state index in [1.54, 1.807) is 0 Å². The zero-order valence-corrected chi connectivity index (χ0v) is 15.7. The maximum Gasteiger partial charge on any atom is 0.417 e. The van der Waals surface area contributed by atoms with Crippen LogP contribution in [0.3, 0.4) is 0 Å². The monoisotopic (exact) mass is 388 g/mol. The summed E-state index contributed by atoms with van der Waals surface area (Å²) in [5, 5.41) is 0. The highest BCUT2D eigenvalue weighted by molar-refractivity contribution is 7.89. The molecule has 1 N–H and O–H groups in total. The van der Waals surface area contributed by atoms with Gasteiger partial charge in [-0.25, -0.2) is 13.2 Å². The number of hydrogen-bond donors (Lipinski definition) is 1. The molecule has 1 atom stereocenters. The lowest BCUT2D eigenvalue weighted by molar-refractivity contribution is 0.339. The third kappa shape index (κ3) is 3.26. The van der Waals surface area contributed by atoms with Gasteiger partial charge in [-0.1, -0.05) is 12.1 Å². The number of oxazole rings is 1. The first-order chi connectivity index (χ1) is 13.0. The Kier molecular flexibility index (Phi) is 4.53. The summed E-state index contributed by atoms with van der Waals surface area (Å²) in [6.07, 6.45) is 1.56. The fourth-order valence-corrected chi connectivity index (χ4v) is 5.25. The van der Waals surface area contributed by atoms with Crippen LogP contribution in [-0.2, 0) is 10.0 Å². The molecule has 0 amide bonds. The van der Waals surface area contributed by atoms with Gasteiger partial charge in [-0.05, 0) is 55.7 Å². The van der Waals surface area contributed by atoms with Gasteiger partial charge in [-0.15, -0.1) is 0 Å². The van der Waals surface area contributed by atoms with E-state index in [1.165, 1.54) is 22.5 Å². The lowest BCUT2D eigenvalue weighted by Gasteiger charge is -2.24. The topological polar surface area (TPSA) is 92.6 Å². The van der Waals surface area contributed by atoms with Gasteiger partial charge in [0.25, 0.3) is 0 Å². The van der Waals surface area contributed by atoms with Gasteiger partial charge in [-0.2, -0.15) is 4.31 Å². The molecule has 7 nitrogen and oxygen atoms in total. The third-order valence-electron chi connectivity index (χ3n) is 4.78. The van der Waals surface area contributed by atoms with Crippen molar-refractivity contribution in [2.75, 3.05) is 13.2 Å². The van der Waals surface area contributed by atoms with Crippen molar-refractivity contribution in [2.45, 2.75) is 30.7 Å². The van der Waals surface area contributed by atoms with Crippen molar-refractivity contribution in [3.63, 3.8) is 0 Å². The molecule has 0 aliphatic carbocycles. The average Bonchev–Trinajstić information content (AvgIpc) is 3.28. The first kappa shape index (κ1) is 17.8. The first-order valence-electron chi connectivity index (χ1n) is 8.86. The highest BCUT2D eigenvalue weighted by atomic mass is 32.2. The molecule has 1 aromatic heterocycles. The quantitative estimate of drug-likeness (QED) is 0.725. The number of aromatic amines is 1. The predicted octanol–water partition coefficient (Wildman–Crippen LogP) is 3.05. The zero-order valence-electron chi connectivity index (χ0n) is 14.8. The number of H-pyrrole nitrogens is 1. The number of aromatic nitrogens is 1. The number of nitrogens with one attached hydrogen (secondary N) is 1. The van der Waals surface area contributed by atoms with Crippen molar-refractivity contribution >= 4 is 21.1 Å². The summed E-state index contributed by atoms with van der Waals surface area (Å²) in [7, 11) is -3.70. The molecule has 27 heavy (non-hydrogen) atoms. The summed E-state index contributed by atoms with van der Waals surface area (Å²) in [6.45, 7) is 2.96. The Hall–Kier alpha value is -2.58. The maximum atomic E-state index is 13.2. The van der Waals surface area contributed by atoms with Gasteiger partial charge in [0.15, 0.2) is 5.58 Å². The Morgan fingerprint density at radius 1 is 1.22 bits per heavy atom.